The number of hydrogen-bond acceptors (Lipinski definition) is 7. The van der Waals surface area contributed by atoms with E-state index in [9.17, 15) is 14.4 Å². The molecule has 0 aliphatic carbocycles. The van der Waals surface area contributed by atoms with Crippen LogP contribution in [-0.4, -0.2) is 23.6 Å². The molecule has 0 saturated heterocycles. The predicted molar refractivity (Wildman–Crippen MR) is 101 cm³/mol. The van der Waals surface area contributed by atoms with Crippen LogP contribution in [0.1, 0.15) is 46.3 Å². The lowest BCUT2D eigenvalue weighted by Gasteiger charge is -2.33. The van der Waals surface area contributed by atoms with Gasteiger partial charge in [0.2, 0.25) is 0 Å². The molecule has 2 aromatic rings. The molecule has 0 radical (unpaired) electrons. The number of esters is 2. The van der Waals surface area contributed by atoms with Crippen LogP contribution in [0.25, 0.3) is 11.0 Å². The van der Waals surface area contributed by atoms with Gasteiger partial charge in [0.25, 0.3) is 0 Å². The Balaban J connectivity index is 2.16. The summed E-state index contributed by atoms with van der Waals surface area (Å²) in [5, 5.41) is 0.664. The number of ether oxygens (including phenoxy) is 3. The van der Waals surface area contributed by atoms with Crippen LogP contribution < -0.4 is 10.4 Å². The molecule has 0 N–H and O–H groups in total. The summed E-state index contributed by atoms with van der Waals surface area (Å²) < 4.78 is 22.6. The molecule has 0 amide bonds. The number of hydrogen-bond donors (Lipinski definition) is 0. The van der Waals surface area contributed by atoms with Gasteiger partial charge < -0.3 is 18.6 Å². The van der Waals surface area contributed by atoms with E-state index < -0.39 is 35.4 Å². The van der Waals surface area contributed by atoms with Gasteiger partial charge in [-0.2, -0.15) is 0 Å². The third kappa shape index (κ3) is 3.52. The van der Waals surface area contributed by atoms with Crippen LogP contribution in [0.2, 0.25) is 0 Å². The van der Waals surface area contributed by atoms with Gasteiger partial charge in [-0.15, -0.1) is 0 Å². The highest BCUT2D eigenvalue weighted by molar-refractivity contribution is 5.89. The summed E-state index contributed by atoms with van der Waals surface area (Å²) in [6, 6.07) is 6.40. The van der Waals surface area contributed by atoms with E-state index in [0.717, 1.165) is 0 Å². The molecule has 0 bridgehead atoms. The molecule has 1 aromatic heterocycles. The number of carbonyl (C=O) groups excluding carboxylic acids is 2. The number of carbonyl (C=O) groups is 2. The van der Waals surface area contributed by atoms with E-state index in [1.54, 1.807) is 52.0 Å². The Morgan fingerprint density at radius 2 is 1.82 bits per heavy atom. The van der Waals surface area contributed by atoms with E-state index in [0.29, 0.717) is 22.3 Å². The van der Waals surface area contributed by atoms with E-state index in [1.807, 2.05) is 0 Å². The van der Waals surface area contributed by atoms with Crippen molar-refractivity contribution in [2.24, 2.45) is 0 Å². The molecule has 2 unspecified atom stereocenters. The normalized spacial score (nSPS) is 19.1. The molecule has 0 spiro atoms. The Bertz CT molecular complexity index is 1030. The summed E-state index contributed by atoms with van der Waals surface area (Å²) in [5.41, 5.74) is -0.502. The molecule has 28 heavy (non-hydrogen) atoms. The minimum atomic E-state index is -1.11. The zero-order valence-corrected chi connectivity index (χ0v) is 16.4. The van der Waals surface area contributed by atoms with Crippen LogP contribution in [0.15, 0.2) is 45.1 Å². The first-order chi connectivity index (χ1) is 13.1. The van der Waals surface area contributed by atoms with Gasteiger partial charge in [0, 0.05) is 23.9 Å². The molecular weight excluding hydrogens is 364 g/mol. The molecule has 3 rings (SSSR count). The molecule has 0 fully saturated rings. The van der Waals surface area contributed by atoms with Crippen molar-refractivity contribution in [1.29, 1.82) is 0 Å². The monoisotopic (exact) mass is 386 g/mol. The lowest BCUT2D eigenvalue weighted by Crippen LogP contribution is -2.46. The highest BCUT2D eigenvalue weighted by Gasteiger charge is 2.50. The molecule has 1 aromatic carbocycles. The van der Waals surface area contributed by atoms with Gasteiger partial charge in [-0.3, -0.25) is 4.79 Å². The fourth-order valence-electron chi connectivity index (χ4n) is 3.24. The quantitative estimate of drug-likeness (QED) is 0.451. The Labute approximate surface area is 161 Å². The summed E-state index contributed by atoms with van der Waals surface area (Å²) in [4.78, 5) is 35.9. The Morgan fingerprint density at radius 3 is 2.46 bits per heavy atom. The SMILES string of the molecule is C/C=C(/C)C(=O)OC1c2c(ccc3ccc(=O)oc23)OC1C(C)(C)OC(C)=O. The van der Waals surface area contributed by atoms with Gasteiger partial charge in [0.15, 0.2) is 12.2 Å². The van der Waals surface area contributed by atoms with Crippen LogP contribution in [-0.2, 0) is 19.1 Å². The Kier molecular flexibility index (Phi) is 5.02. The van der Waals surface area contributed by atoms with Crippen molar-refractivity contribution < 1.29 is 28.2 Å². The Morgan fingerprint density at radius 1 is 1.14 bits per heavy atom. The summed E-state index contributed by atoms with van der Waals surface area (Å²) >= 11 is 0. The summed E-state index contributed by atoms with van der Waals surface area (Å²) in [6.07, 6.45) is -0.119. The molecule has 148 valence electrons. The first-order valence-electron chi connectivity index (χ1n) is 8.91. The molecule has 2 heterocycles. The van der Waals surface area contributed by atoms with Gasteiger partial charge in [-0.25, -0.2) is 9.59 Å². The lowest BCUT2D eigenvalue weighted by molar-refractivity contribution is -0.174. The largest absolute Gasteiger partial charge is 0.481 e. The fourth-order valence-corrected chi connectivity index (χ4v) is 3.24. The summed E-state index contributed by atoms with van der Waals surface area (Å²) in [5.74, 6) is -0.624. The maximum Gasteiger partial charge on any atom is 0.336 e. The number of fused-ring (bicyclic) bond motifs is 3. The van der Waals surface area contributed by atoms with E-state index >= 15 is 0 Å². The third-order valence-corrected chi connectivity index (χ3v) is 4.68. The highest BCUT2D eigenvalue weighted by Crippen LogP contribution is 2.47. The molecule has 7 heteroatoms. The highest BCUT2D eigenvalue weighted by atomic mass is 16.6. The van der Waals surface area contributed by atoms with E-state index in [1.165, 1.54) is 13.0 Å². The topological polar surface area (TPSA) is 92.0 Å². The molecule has 1 aliphatic rings. The average molecular weight is 386 g/mol. The second kappa shape index (κ2) is 7.14. The summed E-state index contributed by atoms with van der Waals surface area (Å²) in [7, 11) is 0. The second-order valence-electron chi connectivity index (χ2n) is 7.18. The predicted octanol–water partition coefficient (Wildman–Crippen LogP) is 3.45. The number of rotatable bonds is 4. The van der Waals surface area contributed by atoms with Crippen molar-refractivity contribution in [2.75, 3.05) is 0 Å². The fraction of sp³-hybridized carbons (Fsp3) is 0.381. The van der Waals surface area contributed by atoms with Gasteiger partial charge >= 0.3 is 17.6 Å². The zero-order chi connectivity index (χ0) is 20.6. The van der Waals surface area contributed by atoms with Crippen LogP contribution in [0.4, 0.5) is 0 Å². The lowest BCUT2D eigenvalue weighted by atomic mass is 9.93. The smallest absolute Gasteiger partial charge is 0.336 e. The van der Waals surface area contributed by atoms with E-state index in [4.69, 9.17) is 18.6 Å². The minimum Gasteiger partial charge on any atom is -0.481 e. The van der Waals surface area contributed by atoms with Crippen LogP contribution in [0.5, 0.6) is 5.75 Å². The van der Waals surface area contributed by atoms with Gasteiger partial charge in [-0.05, 0) is 45.9 Å². The van der Waals surface area contributed by atoms with Crippen molar-refractivity contribution in [3.05, 3.63) is 51.9 Å². The van der Waals surface area contributed by atoms with Crippen LogP contribution in [0, 0.1) is 0 Å². The maximum atomic E-state index is 12.5. The number of allylic oxidation sites excluding steroid dienone is 1. The standard InChI is InChI=1S/C21H22O7/c1-6-11(2)20(24)27-18-16-14(25-19(18)21(4,5)28-12(3)22)9-7-13-8-10-15(23)26-17(13)16/h6-10,18-19H,1-5H3/b11-6-. The summed E-state index contributed by atoms with van der Waals surface area (Å²) in [6.45, 7) is 8.00. The zero-order valence-electron chi connectivity index (χ0n) is 16.4. The molecular formula is C21H22O7. The average Bonchev–Trinajstić information content (AvgIpc) is 2.99. The minimum absolute atomic E-state index is 0.280. The molecule has 0 saturated carbocycles. The third-order valence-electron chi connectivity index (χ3n) is 4.68. The van der Waals surface area contributed by atoms with Crippen LogP contribution in [0.3, 0.4) is 0 Å². The first kappa shape index (κ1) is 19.7. The molecule has 7 nitrogen and oxygen atoms in total. The maximum absolute atomic E-state index is 12.5. The number of benzene rings is 1. The van der Waals surface area contributed by atoms with Gasteiger partial charge in [0.1, 0.15) is 16.9 Å². The van der Waals surface area contributed by atoms with Crippen molar-refractivity contribution >= 4 is 22.9 Å². The van der Waals surface area contributed by atoms with Crippen molar-refractivity contribution in [3.63, 3.8) is 0 Å². The molecule has 1 aliphatic heterocycles. The van der Waals surface area contributed by atoms with Crippen LogP contribution >= 0.6 is 0 Å². The van der Waals surface area contributed by atoms with E-state index in [2.05, 4.69) is 0 Å². The first-order valence-corrected chi connectivity index (χ1v) is 8.91. The van der Waals surface area contributed by atoms with Gasteiger partial charge in [-0.1, -0.05) is 6.08 Å². The van der Waals surface area contributed by atoms with Crippen molar-refractivity contribution in [3.8, 4) is 5.75 Å². The van der Waals surface area contributed by atoms with Crippen molar-refractivity contribution in [2.45, 2.75) is 52.4 Å². The van der Waals surface area contributed by atoms with Gasteiger partial charge in [0.05, 0.1) is 5.56 Å². The van der Waals surface area contributed by atoms with Crippen molar-refractivity contribution in [1.82, 2.24) is 0 Å². The van der Waals surface area contributed by atoms with E-state index in [-0.39, 0.29) is 5.58 Å². The Hall–Kier alpha value is -3.09. The molecule has 2 atom stereocenters. The second-order valence-corrected chi connectivity index (χ2v) is 7.18.